The largest absolute Gasteiger partial charge is 0.341 e. The van der Waals surface area contributed by atoms with Crippen LogP contribution in [0.2, 0.25) is 0 Å². The van der Waals surface area contributed by atoms with Crippen LogP contribution in [0.1, 0.15) is 12.8 Å². The van der Waals surface area contributed by atoms with E-state index in [1.54, 1.807) is 0 Å². The van der Waals surface area contributed by atoms with Gasteiger partial charge in [0.05, 0.1) is 6.54 Å². The molecule has 5 nitrogen and oxygen atoms in total. The van der Waals surface area contributed by atoms with Gasteiger partial charge < -0.3 is 10.2 Å². The molecular weight excluding hydrogens is 204 g/mol. The second-order valence-electron chi connectivity index (χ2n) is 4.61. The van der Waals surface area contributed by atoms with E-state index >= 15 is 0 Å². The van der Waals surface area contributed by atoms with E-state index in [1.165, 1.54) is 0 Å². The van der Waals surface area contributed by atoms with Gasteiger partial charge in [-0.05, 0) is 19.9 Å². The third-order valence-corrected chi connectivity index (χ3v) is 3.30. The Morgan fingerprint density at radius 2 is 1.88 bits per heavy atom. The second kappa shape index (κ2) is 6.18. The van der Waals surface area contributed by atoms with Gasteiger partial charge in [0.15, 0.2) is 0 Å². The Kier molecular flexibility index (Phi) is 5.18. The average Bonchev–Trinajstić information content (AvgIpc) is 2.28. The van der Waals surface area contributed by atoms with E-state index in [9.17, 15) is 4.79 Å². The zero-order chi connectivity index (χ0) is 12.1. The van der Waals surface area contributed by atoms with Crippen molar-refractivity contribution in [3.05, 3.63) is 0 Å². The highest BCUT2D eigenvalue weighted by Gasteiger charge is 2.22. The van der Waals surface area contributed by atoms with Crippen molar-refractivity contribution in [2.75, 3.05) is 47.8 Å². The van der Waals surface area contributed by atoms with Crippen LogP contribution >= 0.6 is 0 Å². The molecule has 94 valence electrons. The highest BCUT2D eigenvalue weighted by atomic mass is 16.2. The maximum atomic E-state index is 11.9. The van der Waals surface area contributed by atoms with Crippen LogP contribution in [0.15, 0.2) is 0 Å². The maximum Gasteiger partial charge on any atom is 0.238 e. The average molecular weight is 228 g/mol. The number of nitrogens with zero attached hydrogens (tertiary/aromatic N) is 3. The normalized spacial score (nSPS) is 18.5. The van der Waals surface area contributed by atoms with Crippen LogP contribution in [0.5, 0.6) is 0 Å². The van der Waals surface area contributed by atoms with Crippen molar-refractivity contribution in [2.24, 2.45) is 0 Å². The number of hydrazine groups is 1. The molecule has 1 heterocycles. The lowest BCUT2D eigenvalue weighted by Gasteiger charge is -2.33. The molecule has 1 fully saturated rings. The van der Waals surface area contributed by atoms with E-state index in [-0.39, 0.29) is 5.91 Å². The molecule has 16 heavy (non-hydrogen) atoms. The minimum Gasteiger partial charge on any atom is -0.341 e. The quantitative estimate of drug-likeness (QED) is 0.665. The number of hydrogen-bond acceptors (Lipinski definition) is 4. The SMILES string of the molecule is CNC1CCN(C(=O)CN(C)N(C)C)CC1. The summed E-state index contributed by atoms with van der Waals surface area (Å²) in [6, 6.07) is 0.579. The molecule has 0 radical (unpaired) electrons. The lowest BCUT2D eigenvalue weighted by atomic mass is 10.1. The van der Waals surface area contributed by atoms with Gasteiger partial charge in [0, 0.05) is 40.3 Å². The van der Waals surface area contributed by atoms with Crippen LogP contribution in [0, 0.1) is 0 Å². The third-order valence-electron chi connectivity index (χ3n) is 3.30. The number of piperidine rings is 1. The number of nitrogens with one attached hydrogen (secondary N) is 1. The number of likely N-dealkylation sites (tertiary alicyclic amines) is 1. The van der Waals surface area contributed by atoms with Gasteiger partial charge in [0.2, 0.25) is 5.91 Å². The summed E-state index contributed by atoms with van der Waals surface area (Å²) < 4.78 is 0. The molecule has 0 aromatic heterocycles. The van der Waals surface area contributed by atoms with Crippen LogP contribution < -0.4 is 5.32 Å². The van der Waals surface area contributed by atoms with Gasteiger partial charge in [0.25, 0.3) is 0 Å². The molecule has 0 aliphatic carbocycles. The van der Waals surface area contributed by atoms with Gasteiger partial charge in [0.1, 0.15) is 0 Å². The first-order chi connectivity index (χ1) is 7.54. The van der Waals surface area contributed by atoms with Gasteiger partial charge in [-0.3, -0.25) is 4.79 Å². The van der Waals surface area contributed by atoms with E-state index in [2.05, 4.69) is 5.32 Å². The lowest BCUT2D eigenvalue weighted by molar-refractivity contribution is -0.136. The van der Waals surface area contributed by atoms with E-state index in [1.807, 2.05) is 43.1 Å². The first-order valence-electron chi connectivity index (χ1n) is 5.88. The summed E-state index contributed by atoms with van der Waals surface area (Å²) in [6.07, 6.45) is 2.13. The first kappa shape index (κ1) is 13.4. The van der Waals surface area contributed by atoms with Gasteiger partial charge in [-0.1, -0.05) is 0 Å². The Balaban J connectivity index is 2.33. The van der Waals surface area contributed by atoms with Crippen molar-refractivity contribution in [1.29, 1.82) is 0 Å². The Morgan fingerprint density at radius 3 is 2.31 bits per heavy atom. The first-order valence-corrected chi connectivity index (χ1v) is 5.88. The summed E-state index contributed by atoms with van der Waals surface area (Å²) in [5.41, 5.74) is 0. The highest BCUT2D eigenvalue weighted by molar-refractivity contribution is 5.78. The molecule has 5 heteroatoms. The van der Waals surface area contributed by atoms with Crippen LogP contribution in [0.3, 0.4) is 0 Å². The number of carbonyl (C=O) groups excluding carboxylic acids is 1. The molecule has 0 bridgehead atoms. The molecule has 0 saturated carbocycles. The van der Waals surface area contributed by atoms with Crippen molar-refractivity contribution in [3.63, 3.8) is 0 Å². The molecule has 1 aliphatic heterocycles. The fourth-order valence-corrected chi connectivity index (χ4v) is 1.85. The zero-order valence-electron chi connectivity index (χ0n) is 10.9. The van der Waals surface area contributed by atoms with Crippen LogP contribution in [0.4, 0.5) is 0 Å². The molecule has 0 aromatic carbocycles. The van der Waals surface area contributed by atoms with Gasteiger partial charge in [-0.2, -0.15) is 0 Å². The van der Waals surface area contributed by atoms with E-state index in [0.29, 0.717) is 12.6 Å². The monoisotopic (exact) mass is 228 g/mol. The fourth-order valence-electron chi connectivity index (χ4n) is 1.85. The van der Waals surface area contributed by atoms with Crippen molar-refractivity contribution in [3.8, 4) is 0 Å². The van der Waals surface area contributed by atoms with E-state index in [0.717, 1.165) is 25.9 Å². The van der Waals surface area contributed by atoms with Gasteiger partial charge in [-0.15, -0.1) is 0 Å². The molecule has 1 rings (SSSR count). The Hall–Kier alpha value is -0.650. The molecule has 0 aromatic rings. The summed E-state index contributed by atoms with van der Waals surface area (Å²) >= 11 is 0. The number of amides is 1. The summed E-state index contributed by atoms with van der Waals surface area (Å²) in [5.74, 6) is 0.228. The summed E-state index contributed by atoms with van der Waals surface area (Å²) in [4.78, 5) is 13.9. The Bertz CT molecular complexity index is 224. The standard InChI is InChI=1S/C11H24N4O/c1-12-10-5-7-15(8-6-10)11(16)9-14(4)13(2)3/h10,12H,5-9H2,1-4H3. The molecule has 1 saturated heterocycles. The van der Waals surface area contributed by atoms with E-state index in [4.69, 9.17) is 0 Å². The molecule has 1 N–H and O–H groups in total. The predicted molar refractivity (Wildman–Crippen MR) is 65.0 cm³/mol. The molecule has 0 atom stereocenters. The molecule has 1 amide bonds. The lowest BCUT2D eigenvalue weighted by Crippen LogP contribution is -2.48. The highest BCUT2D eigenvalue weighted by Crippen LogP contribution is 2.10. The van der Waals surface area contributed by atoms with Gasteiger partial charge in [-0.25, -0.2) is 10.0 Å². The van der Waals surface area contributed by atoms with Crippen molar-refractivity contribution in [1.82, 2.24) is 20.2 Å². The Labute approximate surface area is 98.3 Å². The topological polar surface area (TPSA) is 38.8 Å². The molecular formula is C11H24N4O. The van der Waals surface area contributed by atoms with Crippen molar-refractivity contribution in [2.45, 2.75) is 18.9 Å². The third kappa shape index (κ3) is 3.73. The molecule has 0 unspecified atom stereocenters. The predicted octanol–water partition coefficient (Wildman–Crippen LogP) is -0.395. The zero-order valence-corrected chi connectivity index (χ0v) is 10.9. The van der Waals surface area contributed by atoms with Gasteiger partial charge >= 0.3 is 0 Å². The number of hydrogen-bond donors (Lipinski definition) is 1. The summed E-state index contributed by atoms with van der Waals surface area (Å²) in [6.45, 7) is 2.23. The minimum atomic E-state index is 0.228. The number of rotatable bonds is 4. The second-order valence-corrected chi connectivity index (χ2v) is 4.61. The van der Waals surface area contributed by atoms with Crippen LogP contribution in [-0.4, -0.2) is 74.7 Å². The Morgan fingerprint density at radius 1 is 1.31 bits per heavy atom. The smallest absolute Gasteiger partial charge is 0.238 e. The minimum absolute atomic E-state index is 0.228. The number of carbonyl (C=O) groups is 1. The van der Waals surface area contributed by atoms with Crippen molar-refractivity contribution >= 4 is 5.91 Å². The van der Waals surface area contributed by atoms with Crippen LogP contribution in [-0.2, 0) is 4.79 Å². The molecule has 0 spiro atoms. The van der Waals surface area contributed by atoms with E-state index < -0.39 is 0 Å². The number of likely N-dealkylation sites (N-methyl/N-ethyl adjacent to an activating group) is 1. The maximum absolute atomic E-state index is 11.9. The fraction of sp³-hybridized carbons (Fsp3) is 0.909. The van der Waals surface area contributed by atoms with Crippen LogP contribution in [0.25, 0.3) is 0 Å². The molecule has 1 aliphatic rings. The van der Waals surface area contributed by atoms with Crippen molar-refractivity contribution < 1.29 is 4.79 Å². The summed E-state index contributed by atoms with van der Waals surface area (Å²) in [5, 5.41) is 7.12. The summed E-state index contributed by atoms with van der Waals surface area (Å²) in [7, 11) is 7.81.